The average molecular weight is 300 g/mol. The largest absolute Gasteiger partial charge is 0.416 e. The molecule has 1 amide bonds. The highest BCUT2D eigenvalue weighted by Crippen LogP contribution is 2.29. The van der Waals surface area contributed by atoms with Gasteiger partial charge in [-0.3, -0.25) is 4.79 Å². The van der Waals surface area contributed by atoms with Crippen molar-refractivity contribution in [1.29, 1.82) is 0 Å². The van der Waals surface area contributed by atoms with Crippen LogP contribution in [-0.4, -0.2) is 11.9 Å². The first kappa shape index (κ1) is 15.8. The minimum atomic E-state index is -4.37. The van der Waals surface area contributed by atoms with Crippen molar-refractivity contribution >= 4 is 5.91 Å². The van der Waals surface area contributed by atoms with Gasteiger partial charge in [-0.05, 0) is 30.5 Å². The number of hydrogen-bond donors (Lipinski definition) is 2. The molecule has 0 bridgehead atoms. The minimum absolute atomic E-state index is 0.0893. The zero-order chi connectivity index (χ0) is 15.5. The summed E-state index contributed by atoms with van der Waals surface area (Å²) in [4.78, 5) is 12.1. The summed E-state index contributed by atoms with van der Waals surface area (Å²) in [7, 11) is 0. The van der Waals surface area contributed by atoms with Crippen molar-refractivity contribution in [3.05, 3.63) is 35.4 Å². The summed E-state index contributed by atoms with van der Waals surface area (Å²) in [6.45, 7) is 0.0893. The van der Waals surface area contributed by atoms with Crippen molar-refractivity contribution in [2.75, 3.05) is 0 Å². The Kier molecular flexibility index (Phi) is 4.88. The number of hydrogen-bond acceptors (Lipinski definition) is 2. The highest BCUT2D eigenvalue weighted by atomic mass is 19.4. The average Bonchev–Trinajstić information content (AvgIpc) is 2.45. The van der Waals surface area contributed by atoms with Gasteiger partial charge in [-0.25, -0.2) is 0 Å². The van der Waals surface area contributed by atoms with Crippen molar-refractivity contribution in [3.63, 3.8) is 0 Å². The number of amides is 1. The molecule has 1 aliphatic rings. The second-order valence-electron chi connectivity index (χ2n) is 5.47. The third-order valence-corrected chi connectivity index (χ3v) is 3.88. The van der Waals surface area contributed by atoms with Gasteiger partial charge in [0, 0.05) is 12.6 Å². The van der Waals surface area contributed by atoms with Gasteiger partial charge in [-0.15, -0.1) is 0 Å². The quantitative estimate of drug-likeness (QED) is 0.902. The molecule has 116 valence electrons. The first-order valence-corrected chi connectivity index (χ1v) is 7.07. The van der Waals surface area contributed by atoms with Crippen LogP contribution in [0.25, 0.3) is 0 Å². The van der Waals surface area contributed by atoms with Gasteiger partial charge in [-0.1, -0.05) is 25.0 Å². The van der Waals surface area contributed by atoms with Crippen LogP contribution < -0.4 is 11.1 Å². The van der Waals surface area contributed by atoms with E-state index in [1.54, 1.807) is 6.07 Å². The van der Waals surface area contributed by atoms with Crippen LogP contribution in [-0.2, 0) is 17.5 Å². The van der Waals surface area contributed by atoms with Crippen LogP contribution in [0.1, 0.15) is 36.8 Å². The van der Waals surface area contributed by atoms with E-state index in [0.717, 1.165) is 37.8 Å². The molecule has 1 saturated carbocycles. The number of rotatable bonds is 3. The maximum absolute atomic E-state index is 12.6. The molecule has 21 heavy (non-hydrogen) atoms. The Labute approximate surface area is 121 Å². The van der Waals surface area contributed by atoms with Gasteiger partial charge in [-0.2, -0.15) is 13.2 Å². The SMILES string of the molecule is NC1CCCCC1C(=O)NCc1cccc(C(F)(F)F)c1. The molecular weight excluding hydrogens is 281 g/mol. The summed E-state index contributed by atoms with van der Waals surface area (Å²) in [5.41, 5.74) is 5.65. The van der Waals surface area contributed by atoms with Crippen molar-refractivity contribution in [2.45, 2.75) is 44.4 Å². The molecule has 1 fully saturated rings. The van der Waals surface area contributed by atoms with E-state index in [2.05, 4.69) is 5.32 Å². The standard InChI is InChI=1S/C15H19F3N2O/c16-15(17,18)11-5-3-4-10(8-11)9-20-14(21)12-6-1-2-7-13(12)19/h3-5,8,12-13H,1-2,6-7,9,19H2,(H,20,21). The van der Waals surface area contributed by atoms with E-state index in [1.165, 1.54) is 6.07 Å². The molecule has 2 rings (SSSR count). The number of nitrogens with two attached hydrogens (primary N) is 1. The fourth-order valence-corrected chi connectivity index (χ4v) is 2.66. The summed E-state index contributed by atoms with van der Waals surface area (Å²) in [5.74, 6) is -0.399. The van der Waals surface area contributed by atoms with Crippen LogP contribution in [0, 0.1) is 5.92 Å². The Morgan fingerprint density at radius 1 is 1.29 bits per heavy atom. The summed E-state index contributed by atoms with van der Waals surface area (Å²) in [5, 5.41) is 2.69. The predicted molar refractivity (Wildman–Crippen MR) is 73.2 cm³/mol. The highest BCUT2D eigenvalue weighted by Gasteiger charge is 2.31. The number of carbonyl (C=O) groups excluding carboxylic acids is 1. The molecule has 2 atom stereocenters. The number of nitrogens with one attached hydrogen (secondary N) is 1. The number of halogens is 3. The van der Waals surface area contributed by atoms with Gasteiger partial charge in [0.25, 0.3) is 0 Å². The Balaban J connectivity index is 1.95. The monoisotopic (exact) mass is 300 g/mol. The van der Waals surface area contributed by atoms with Gasteiger partial charge in [0.2, 0.25) is 5.91 Å². The Bertz CT molecular complexity index is 502. The third kappa shape index (κ3) is 4.20. The van der Waals surface area contributed by atoms with Crippen LogP contribution in [0.4, 0.5) is 13.2 Å². The lowest BCUT2D eigenvalue weighted by Crippen LogP contribution is -2.43. The molecule has 0 saturated heterocycles. The molecule has 0 aliphatic heterocycles. The van der Waals surface area contributed by atoms with E-state index in [1.807, 2.05) is 0 Å². The molecule has 6 heteroatoms. The van der Waals surface area contributed by atoms with E-state index >= 15 is 0 Å². The van der Waals surface area contributed by atoms with Gasteiger partial charge >= 0.3 is 6.18 Å². The van der Waals surface area contributed by atoms with E-state index in [4.69, 9.17) is 5.73 Å². The lowest BCUT2D eigenvalue weighted by Gasteiger charge is -2.27. The van der Waals surface area contributed by atoms with Crippen molar-refractivity contribution < 1.29 is 18.0 Å². The smallest absolute Gasteiger partial charge is 0.352 e. The normalized spacial score (nSPS) is 22.9. The first-order valence-electron chi connectivity index (χ1n) is 7.07. The van der Waals surface area contributed by atoms with E-state index < -0.39 is 11.7 Å². The van der Waals surface area contributed by atoms with Gasteiger partial charge in [0.1, 0.15) is 0 Å². The van der Waals surface area contributed by atoms with Crippen molar-refractivity contribution in [3.8, 4) is 0 Å². The van der Waals surface area contributed by atoms with Crippen LogP contribution >= 0.6 is 0 Å². The molecule has 1 aromatic rings. The maximum Gasteiger partial charge on any atom is 0.416 e. The molecule has 0 heterocycles. The summed E-state index contributed by atoms with van der Waals surface area (Å²) in [6.07, 6.45) is -0.809. The van der Waals surface area contributed by atoms with Crippen LogP contribution in [0.2, 0.25) is 0 Å². The second kappa shape index (κ2) is 6.47. The summed E-state index contributed by atoms with van der Waals surface area (Å²) in [6, 6.07) is 4.83. The summed E-state index contributed by atoms with van der Waals surface area (Å²) < 4.78 is 37.8. The number of alkyl halides is 3. The van der Waals surface area contributed by atoms with E-state index in [9.17, 15) is 18.0 Å². The van der Waals surface area contributed by atoms with Gasteiger partial charge < -0.3 is 11.1 Å². The summed E-state index contributed by atoms with van der Waals surface area (Å²) >= 11 is 0. The molecule has 3 nitrogen and oxygen atoms in total. The third-order valence-electron chi connectivity index (χ3n) is 3.88. The van der Waals surface area contributed by atoms with Gasteiger partial charge in [0.15, 0.2) is 0 Å². The Morgan fingerprint density at radius 2 is 2.00 bits per heavy atom. The number of carbonyl (C=O) groups is 1. The molecule has 0 aromatic heterocycles. The van der Waals surface area contributed by atoms with Crippen LogP contribution in [0.5, 0.6) is 0 Å². The van der Waals surface area contributed by atoms with Crippen LogP contribution in [0.15, 0.2) is 24.3 Å². The Hall–Kier alpha value is -1.56. The van der Waals surface area contributed by atoms with Crippen molar-refractivity contribution in [1.82, 2.24) is 5.32 Å². The maximum atomic E-state index is 12.6. The zero-order valence-corrected chi connectivity index (χ0v) is 11.6. The topological polar surface area (TPSA) is 55.1 Å². The van der Waals surface area contributed by atoms with Crippen molar-refractivity contribution in [2.24, 2.45) is 11.7 Å². The van der Waals surface area contributed by atoms with E-state index in [-0.39, 0.29) is 24.4 Å². The van der Waals surface area contributed by atoms with E-state index in [0.29, 0.717) is 5.56 Å². The molecule has 1 aromatic carbocycles. The Morgan fingerprint density at radius 3 is 2.67 bits per heavy atom. The van der Waals surface area contributed by atoms with Crippen LogP contribution in [0.3, 0.4) is 0 Å². The highest BCUT2D eigenvalue weighted by molar-refractivity contribution is 5.79. The minimum Gasteiger partial charge on any atom is -0.352 e. The number of benzene rings is 1. The molecule has 3 N–H and O–H groups in total. The zero-order valence-electron chi connectivity index (χ0n) is 11.6. The second-order valence-corrected chi connectivity index (χ2v) is 5.47. The first-order chi connectivity index (χ1) is 9.88. The molecule has 0 radical (unpaired) electrons. The fourth-order valence-electron chi connectivity index (χ4n) is 2.66. The molecule has 2 unspecified atom stereocenters. The lowest BCUT2D eigenvalue weighted by atomic mass is 9.84. The molecule has 1 aliphatic carbocycles. The molecular formula is C15H19F3N2O. The lowest BCUT2D eigenvalue weighted by molar-refractivity contribution is -0.137. The molecule has 0 spiro atoms. The van der Waals surface area contributed by atoms with Gasteiger partial charge in [0.05, 0.1) is 11.5 Å². The fraction of sp³-hybridized carbons (Fsp3) is 0.533. The predicted octanol–water partition coefficient (Wildman–Crippen LogP) is 2.84.